The Balaban J connectivity index is 2.08. The van der Waals surface area contributed by atoms with Gasteiger partial charge < -0.3 is 18.9 Å². The summed E-state index contributed by atoms with van der Waals surface area (Å²) in [5, 5.41) is 0. The molecule has 1 aliphatic heterocycles. The highest BCUT2D eigenvalue weighted by atomic mass is 16.5. The van der Waals surface area contributed by atoms with Crippen LogP contribution in [0.1, 0.15) is 22.8 Å². The molecule has 0 aliphatic carbocycles. The Labute approximate surface area is 185 Å². The molecule has 166 valence electrons. The molecule has 8 heteroatoms. The van der Waals surface area contributed by atoms with Crippen molar-refractivity contribution in [3.05, 3.63) is 70.4 Å². The van der Waals surface area contributed by atoms with Crippen molar-refractivity contribution in [3.8, 4) is 11.5 Å². The van der Waals surface area contributed by atoms with Crippen LogP contribution in [0.15, 0.2) is 59.3 Å². The van der Waals surface area contributed by atoms with Gasteiger partial charge in [-0.3, -0.25) is 9.69 Å². The highest BCUT2D eigenvalue weighted by Crippen LogP contribution is 2.39. The SMILES string of the molecule is COC(=O)C1=C(C)N(c2ccc(OC)c(OC)c2)C(=O)C1=Cc1ccc(C(=O)OC)cc1. The van der Waals surface area contributed by atoms with Gasteiger partial charge >= 0.3 is 11.9 Å². The Kier molecular flexibility index (Phi) is 6.63. The molecule has 0 bridgehead atoms. The van der Waals surface area contributed by atoms with Crippen LogP contribution in [-0.4, -0.2) is 46.3 Å². The Morgan fingerprint density at radius 3 is 2.03 bits per heavy atom. The van der Waals surface area contributed by atoms with Crippen molar-refractivity contribution in [2.24, 2.45) is 0 Å². The van der Waals surface area contributed by atoms with Crippen LogP contribution in [0.2, 0.25) is 0 Å². The number of hydrogen-bond acceptors (Lipinski definition) is 7. The summed E-state index contributed by atoms with van der Waals surface area (Å²) >= 11 is 0. The molecule has 32 heavy (non-hydrogen) atoms. The summed E-state index contributed by atoms with van der Waals surface area (Å²) in [5.41, 5.74) is 2.27. The second kappa shape index (κ2) is 9.38. The second-order valence-corrected chi connectivity index (χ2v) is 6.80. The number of carbonyl (C=O) groups excluding carboxylic acids is 3. The van der Waals surface area contributed by atoms with E-state index < -0.39 is 17.8 Å². The lowest BCUT2D eigenvalue weighted by Gasteiger charge is -2.19. The molecule has 3 rings (SSSR count). The molecular weight excluding hydrogens is 414 g/mol. The molecule has 0 aromatic heterocycles. The minimum Gasteiger partial charge on any atom is -0.493 e. The van der Waals surface area contributed by atoms with E-state index in [1.165, 1.54) is 33.3 Å². The number of carbonyl (C=O) groups is 3. The number of anilines is 1. The second-order valence-electron chi connectivity index (χ2n) is 6.80. The van der Waals surface area contributed by atoms with Crippen LogP contribution < -0.4 is 14.4 Å². The first-order valence-electron chi connectivity index (χ1n) is 9.62. The maximum Gasteiger partial charge on any atom is 0.340 e. The molecule has 1 aliphatic rings. The topological polar surface area (TPSA) is 91.4 Å². The number of rotatable bonds is 6. The summed E-state index contributed by atoms with van der Waals surface area (Å²) in [5.74, 6) is -0.532. The number of benzene rings is 2. The van der Waals surface area contributed by atoms with Crippen LogP contribution in [0, 0.1) is 0 Å². The highest BCUT2D eigenvalue weighted by molar-refractivity contribution is 6.23. The standard InChI is InChI=1S/C24H23NO7/c1-14-21(24(28)32-5)18(12-15-6-8-16(9-7-15)23(27)31-4)22(26)25(14)17-10-11-19(29-2)20(13-17)30-3/h6-13H,1-5H3. The number of ether oxygens (including phenoxy) is 4. The molecule has 0 saturated heterocycles. The molecule has 0 atom stereocenters. The van der Waals surface area contributed by atoms with Gasteiger partial charge in [0, 0.05) is 11.8 Å². The van der Waals surface area contributed by atoms with E-state index in [-0.39, 0.29) is 11.1 Å². The Morgan fingerprint density at radius 2 is 1.47 bits per heavy atom. The average molecular weight is 437 g/mol. The number of allylic oxidation sites excluding steroid dienone is 1. The lowest BCUT2D eigenvalue weighted by atomic mass is 10.0. The normalized spacial score (nSPS) is 14.6. The van der Waals surface area contributed by atoms with Crippen LogP contribution in [0.4, 0.5) is 5.69 Å². The van der Waals surface area contributed by atoms with Gasteiger partial charge in [-0.1, -0.05) is 12.1 Å². The summed E-state index contributed by atoms with van der Waals surface area (Å²) in [4.78, 5) is 39.0. The molecule has 0 spiro atoms. The zero-order valence-electron chi connectivity index (χ0n) is 18.4. The number of methoxy groups -OCH3 is 4. The van der Waals surface area contributed by atoms with Crippen molar-refractivity contribution in [3.63, 3.8) is 0 Å². The fourth-order valence-electron chi connectivity index (χ4n) is 3.45. The van der Waals surface area contributed by atoms with Crippen LogP contribution in [0.25, 0.3) is 6.08 Å². The van der Waals surface area contributed by atoms with Crippen molar-refractivity contribution in [2.75, 3.05) is 33.3 Å². The minimum atomic E-state index is -0.628. The predicted molar refractivity (Wildman–Crippen MR) is 118 cm³/mol. The lowest BCUT2D eigenvalue weighted by Crippen LogP contribution is -2.24. The molecular formula is C24H23NO7. The third kappa shape index (κ3) is 4.07. The zero-order valence-corrected chi connectivity index (χ0v) is 18.4. The molecule has 0 fully saturated rings. The third-order valence-electron chi connectivity index (χ3n) is 5.06. The number of esters is 2. The Morgan fingerprint density at radius 1 is 0.844 bits per heavy atom. The van der Waals surface area contributed by atoms with Gasteiger partial charge in [-0.2, -0.15) is 0 Å². The molecule has 0 unspecified atom stereocenters. The Hall–Kier alpha value is -4.07. The zero-order chi connectivity index (χ0) is 23.4. The quantitative estimate of drug-likeness (QED) is 0.505. The smallest absolute Gasteiger partial charge is 0.340 e. The maximum absolute atomic E-state index is 13.4. The van der Waals surface area contributed by atoms with E-state index in [9.17, 15) is 14.4 Å². The van der Waals surface area contributed by atoms with Gasteiger partial charge in [-0.25, -0.2) is 9.59 Å². The number of nitrogens with zero attached hydrogens (tertiary/aromatic N) is 1. The monoisotopic (exact) mass is 437 g/mol. The minimum absolute atomic E-state index is 0.157. The van der Waals surface area contributed by atoms with Crippen molar-refractivity contribution < 1.29 is 33.3 Å². The van der Waals surface area contributed by atoms with E-state index in [1.54, 1.807) is 55.5 Å². The van der Waals surface area contributed by atoms with Crippen molar-refractivity contribution in [1.82, 2.24) is 0 Å². The van der Waals surface area contributed by atoms with E-state index in [0.29, 0.717) is 34.0 Å². The molecule has 1 heterocycles. The van der Waals surface area contributed by atoms with Crippen molar-refractivity contribution in [1.29, 1.82) is 0 Å². The third-order valence-corrected chi connectivity index (χ3v) is 5.06. The van der Waals surface area contributed by atoms with Crippen molar-refractivity contribution in [2.45, 2.75) is 6.92 Å². The van der Waals surface area contributed by atoms with E-state index in [1.807, 2.05) is 0 Å². The molecule has 8 nitrogen and oxygen atoms in total. The van der Waals surface area contributed by atoms with E-state index in [4.69, 9.17) is 18.9 Å². The van der Waals surface area contributed by atoms with Gasteiger partial charge in [0.2, 0.25) is 0 Å². The van der Waals surface area contributed by atoms with E-state index in [2.05, 4.69) is 0 Å². The highest BCUT2D eigenvalue weighted by Gasteiger charge is 2.38. The number of amides is 1. The molecule has 0 radical (unpaired) electrons. The van der Waals surface area contributed by atoms with Gasteiger partial charge in [0.1, 0.15) is 0 Å². The summed E-state index contributed by atoms with van der Waals surface area (Å²) < 4.78 is 20.2. The largest absolute Gasteiger partial charge is 0.493 e. The molecule has 1 amide bonds. The molecule has 0 N–H and O–H groups in total. The van der Waals surface area contributed by atoms with Gasteiger partial charge in [0.25, 0.3) is 5.91 Å². The molecule has 2 aromatic rings. The van der Waals surface area contributed by atoms with Crippen LogP contribution >= 0.6 is 0 Å². The first-order valence-corrected chi connectivity index (χ1v) is 9.62. The van der Waals surface area contributed by atoms with Crippen LogP contribution in [0.5, 0.6) is 11.5 Å². The van der Waals surface area contributed by atoms with Gasteiger partial charge in [-0.05, 0) is 42.8 Å². The van der Waals surface area contributed by atoms with Gasteiger partial charge in [-0.15, -0.1) is 0 Å². The maximum atomic E-state index is 13.4. The average Bonchev–Trinajstić information content (AvgIpc) is 3.07. The summed E-state index contributed by atoms with van der Waals surface area (Å²) in [6.07, 6.45) is 1.58. The predicted octanol–water partition coefficient (Wildman–Crippen LogP) is 3.37. The Bertz CT molecular complexity index is 1130. The van der Waals surface area contributed by atoms with E-state index >= 15 is 0 Å². The van der Waals surface area contributed by atoms with Crippen LogP contribution in [0.3, 0.4) is 0 Å². The first kappa shape index (κ1) is 22.6. The number of hydrogen-bond donors (Lipinski definition) is 0. The summed E-state index contributed by atoms with van der Waals surface area (Å²) in [7, 11) is 5.58. The van der Waals surface area contributed by atoms with Crippen LogP contribution in [-0.2, 0) is 19.1 Å². The van der Waals surface area contributed by atoms with Gasteiger partial charge in [0.15, 0.2) is 11.5 Å². The summed E-state index contributed by atoms with van der Waals surface area (Å²) in [6.45, 7) is 1.67. The molecule has 2 aromatic carbocycles. The fourth-order valence-corrected chi connectivity index (χ4v) is 3.45. The summed E-state index contributed by atoms with van der Waals surface area (Å²) in [6, 6.07) is 11.5. The lowest BCUT2D eigenvalue weighted by molar-refractivity contribution is -0.136. The van der Waals surface area contributed by atoms with E-state index in [0.717, 1.165) is 0 Å². The first-order chi connectivity index (χ1) is 15.4. The van der Waals surface area contributed by atoms with Gasteiger partial charge in [0.05, 0.1) is 50.8 Å². The van der Waals surface area contributed by atoms with Crippen molar-refractivity contribution >= 4 is 29.6 Å². The fraction of sp³-hybridized carbons (Fsp3) is 0.208. The molecule has 0 saturated carbocycles.